The summed E-state index contributed by atoms with van der Waals surface area (Å²) < 4.78 is 41.2. The predicted octanol–water partition coefficient (Wildman–Crippen LogP) is 5.19. The van der Waals surface area contributed by atoms with Crippen LogP contribution in [0.25, 0.3) is 0 Å². The van der Waals surface area contributed by atoms with Gasteiger partial charge in [0.25, 0.3) is 5.91 Å². The van der Waals surface area contributed by atoms with Gasteiger partial charge in [0.1, 0.15) is 15.9 Å². The summed E-state index contributed by atoms with van der Waals surface area (Å²) in [5, 5.41) is 23.7. The third-order valence-electron chi connectivity index (χ3n) is 7.11. The van der Waals surface area contributed by atoms with E-state index in [1.165, 1.54) is 19.1 Å². The van der Waals surface area contributed by atoms with Crippen LogP contribution in [0.4, 0.5) is 24.5 Å². The summed E-state index contributed by atoms with van der Waals surface area (Å²) in [4.78, 5) is 42.8. The number of hydrogen-bond acceptors (Lipinski definition) is 8. The summed E-state index contributed by atoms with van der Waals surface area (Å²) in [7, 11) is 0. The lowest BCUT2D eigenvalue weighted by molar-refractivity contribution is -0.140. The van der Waals surface area contributed by atoms with Crippen LogP contribution in [0.15, 0.2) is 36.5 Å². The van der Waals surface area contributed by atoms with Crippen LogP contribution in [0.2, 0.25) is 0 Å². The summed E-state index contributed by atoms with van der Waals surface area (Å²) in [6, 6.07) is 7.19. The molecule has 3 N–H and O–H groups in total. The van der Waals surface area contributed by atoms with E-state index >= 15 is 0 Å². The summed E-state index contributed by atoms with van der Waals surface area (Å²) >= 11 is 12.0. The van der Waals surface area contributed by atoms with Crippen molar-refractivity contribution in [3.05, 3.63) is 53.3 Å². The summed E-state index contributed by atoms with van der Waals surface area (Å²) in [6.07, 6.45) is 1.12. The third-order valence-corrected chi connectivity index (χ3v) is 8.88. The molecule has 0 radical (unpaired) electrons. The minimum atomic E-state index is -4.78. The van der Waals surface area contributed by atoms with Crippen LogP contribution >= 0.6 is 36.2 Å². The van der Waals surface area contributed by atoms with Crippen LogP contribution in [0.5, 0.6) is 0 Å². The van der Waals surface area contributed by atoms with Crippen molar-refractivity contribution in [2.45, 2.75) is 70.6 Å². The maximum atomic E-state index is 13.6. The number of carboxylic acid groups (broad SMARTS) is 1. The number of carbonyl (C=O) groups is 3. The van der Waals surface area contributed by atoms with Crippen LogP contribution in [0, 0.1) is 11.3 Å². The first-order valence-corrected chi connectivity index (χ1v) is 16.0. The number of thiocarbonyl (C=S) groups is 2. The zero-order chi connectivity index (χ0) is 34.2. The highest BCUT2D eigenvalue weighted by Gasteiger charge is 2.50. The van der Waals surface area contributed by atoms with Crippen molar-refractivity contribution in [2.24, 2.45) is 0 Å². The monoisotopic (exact) mass is 694 g/mol. The molecule has 2 amide bonds. The quantitative estimate of drug-likeness (QED) is 0.189. The average Bonchev–Trinajstić information content (AvgIpc) is 3.16. The van der Waals surface area contributed by atoms with E-state index in [1.54, 1.807) is 31.0 Å². The number of nitrogens with one attached hydrogen (secondary N) is 2. The minimum absolute atomic E-state index is 0.00306. The van der Waals surface area contributed by atoms with Gasteiger partial charge >= 0.3 is 12.1 Å². The molecule has 0 saturated carbocycles. The first-order chi connectivity index (χ1) is 21.6. The Kier molecular flexibility index (Phi) is 12.5. The second-order valence-electron chi connectivity index (χ2n) is 10.9. The Balaban J connectivity index is 1.50. The van der Waals surface area contributed by atoms with Gasteiger partial charge in [-0.1, -0.05) is 36.8 Å². The zero-order valence-corrected chi connectivity index (χ0v) is 27.8. The molecule has 16 heteroatoms. The maximum Gasteiger partial charge on any atom is 0.417 e. The Morgan fingerprint density at radius 1 is 1.15 bits per heavy atom. The van der Waals surface area contributed by atoms with Crippen molar-refractivity contribution in [3.8, 4) is 6.07 Å². The smallest absolute Gasteiger partial charge is 0.417 e. The van der Waals surface area contributed by atoms with Crippen molar-refractivity contribution in [1.82, 2.24) is 15.6 Å². The number of carboxylic acids is 1. The number of anilines is 2. The van der Waals surface area contributed by atoms with Crippen LogP contribution in [0.3, 0.4) is 0 Å². The molecule has 0 aliphatic carbocycles. The average molecular weight is 695 g/mol. The molecule has 10 nitrogen and oxygen atoms in total. The lowest BCUT2D eigenvalue weighted by Gasteiger charge is -2.29. The normalized spacial score (nSPS) is 15.0. The molecule has 0 spiro atoms. The van der Waals surface area contributed by atoms with E-state index in [0.29, 0.717) is 23.0 Å². The summed E-state index contributed by atoms with van der Waals surface area (Å²) in [5.41, 5.74) is -1.62. The standard InChI is InChI=1S/C30H33F3N6O4S3/c1-18(40)37-24(25(41)42)17-46-27(44)35-13-7-5-4-6-8-20-10-12-22(16-36-20)39-28(45)38(26(43)29(39,2)3)21-11-9-19(15-34)23(14-21)30(31,32)33/h9-12,14,16,24H,4-8,13,17H2,1-3H3,(H,35,44)(H,37,40)(H,41,42)/t24-/m1/s1. The number of unbranched alkanes of at least 4 members (excludes halogenated alkanes) is 3. The number of aliphatic carboxylic acids is 1. The fourth-order valence-corrected chi connectivity index (χ4v) is 6.34. The molecule has 2 heterocycles. The molecular weight excluding hydrogens is 662 g/mol. The van der Waals surface area contributed by atoms with Gasteiger partial charge in [-0.3, -0.25) is 19.5 Å². The Bertz CT molecular complexity index is 1530. The molecule has 1 aliphatic rings. The van der Waals surface area contributed by atoms with Crippen molar-refractivity contribution in [3.63, 3.8) is 0 Å². The highest BCUT2D eigenvalue weighted by molar-refractivity contribution is 8.23. The van der Waals surface area contributed by atoms with Crippen molar-refractivity contribution in [2.75, 3.05) is 22.1 Å². The lowest BCUT2D eigenvalue weighted by atomic mass is 10.0. The van der Waals surface area contributed by atoms with Gasteiger partial charge in [0.2, 0.25) is 5.91 Å². The molecule has 1 fully saturated rings. The van der Waals surface area contributed by atoms with Crippen molar-refractivity contribution >= 4 is 74.8 Å². The van der Waals surface area contributed by atoms with Gasteiger partial charge in [-0.2, -0.15) is 18.4 Å². The van der Waals surface area contributed by atoms with E-state index in [2.05, 4.69) is 15.6 Å². The van der Waals surface area contributed by atoms with Gasteiger partial charge in [0.15, 0.2) is 5.11 Å². The second-order valence-corrected chi connectivity index (χ2v) is 13.0. The van der Waals surface area contributed by atoms with Crippen LogP contribution in [-0.4, -0.2) is 61.2 Å². The number of pyridine rings is 1. The summed E-state index contributed by atoms with van der Waals surface area (Å²) in [6.45, 7) is 5.15. The number of alkyl halides is 3. The fourth-order valence-electron chi connectivity index (χ4n) is 4.76. The van der Waals surface area contributed by atoms with Gasteiger partial charge in [0, 0.05) is 24.9 Å². The summed E-state index contributed by atoms with van der Waals surface area (Å²) in [5.74, 6) is -1.93. The number of aromatic nitrogens is 1. The minimum Gasteiger partial charge on any atom is -0.480 e. The topological polar surface area (TPSA) is 139 Å². The number of hydrogen-bond donors (Lipinski definition) is 3. The highest BCUT2D eigenvalue weighted by Crippen LogP contribution is 2.39. The number of carbonyl (C=O) groups excluding carboxylic acids is 2. The van der Waals surface area contributed by atoms with E-state index in [0.717, 1.165) is 60.2 Å². The second kappa shape index (κ2) is 15.7. The van der Waals surface area contributed by atoms with Gasteiger partial charge in [0.05, 0.1) is 34.8 Å². The molecule has 0 unspecified atom stereocenters. The molecule has 1 aromatic heterocycles. The largest absolute Gasteiger partial charge is 0.480 e. The van der Waals surface area contributed by atoms with Gasteiger partial charge < -0.3 is 20.6 Å². The lowest BCUT2D eigenvalue weighted by Crippen LogP contribution is -2.44. The molecule has 46 heavy (non-hydrogen) atoms. The zero-order valence-electron chi connectivity index (χ0n) is 25.3. The Hall–Kier alpha value is -3.81. The molecule has 246 valence electrons. The number of amides is 2. The van der Waals surface area contributed by atoms with E-state index in [-0.39, 0.29) is 16.6 Å². The van der Waals surface area contributed by atoms with E-state index in [1.807, 2.05) is 6.07 Å². The third kappa shape index (κ3) is 9.14. The van der Waals surface area contributed by atoms with Crippen molar-refractivity contribution in [1.29, 1.82) is 5.26 Å². The number of nitrogens with zero attached hydrogens (tertiary/aromatic N) is 4. The molecule has 1 aromatic carbocycles. The first-order valence-electron chi connectivity index (χ1n) is 14.2. The number of aryl methyl sites for hydroxylation is 1. The Labute approximate surface area is 279 Å². The number of halogens is 3. The molecule has 3 rings (SSSR count). The van der Waals surface area contributed by atoms with Gasteiger partial charge in [-0.25, -0.2) is 4.79 Å². The van der Waals surface area contributed by atoms with Gasteiger partial charge in [-0.05, 0) is 75.7 Å². The fraction of sp³-hybridized carbons (Fsp3) is 0.433. The van der Waals surface area contributed by atoms with Crippen molar-refractivity contribution < 1.29 is 32.7 Å². The molecule has 1 atom stereocenters. The number of benzene rings is 1. The van der Waals surface area contributed by atoms with E-state index < -0.39 is 46.7 Å². The molecule has 0 bridgehead atoms. The van der Waals surface area contributed by atoms with Gasteiger partial charge in [-0.15, -0.1) is 0 Å². The molecule has 1 saturated heterocycles. The number of thioether (sulfide) groups is 1. The van der Waals surface area contributed by atoms with Crippen LogP contribution < -0.4 is 20.4 Å². The van der Waals surface area contributed by atoms with E-state index in [9.17, 15) is 27.6 Å². The number of rotatable bonds is 13. The van der Waals surface area contributed by atoms with Crippen LogP contribution in [-0.2, 0) is 27.0 Å². The maximum absolute atomic E-state index is 13.6. The number of nitriles is 1. The molecular formula is C30H33F3N6O4S3. The molecule has 1 aliphatic heterocycles. The Morgan fingerprint density at radius 2 is 1.83 bits per heavy atom. The SMILES string of the molecule is CC(=O)N[C@H](CSC(=S)NCCCCCCc1ccc(N2C(=S)N(c3ccc(C#N)c(C(F)(F)F)c3)C(=O)C2(C)C)cn1)C(=O)O. The van der Waals surface area contributed by atoms with Crippen LogP contribution in [0.1, 0.15) is 63.3 Å². The highest BCUT2D eigenvalue weighted by atomic mass is 32.2. The Morgan fingerprint density at radius 3 is 2.41 bits per heavy atom. The first kappa shape index (κ1) is 36.7. The molecule has 2 aromatic rings. The predicted molar refractivity (Wildman–Crippen MR) is 178 cm³/mol. The van der Waals surface area contributed by atoms with E-state index in [4.69, 9.17) is 34.8 Å².